The molecule has 1 aliphatic rings. The van der Waals surface area contributed by atoms with E-state index in [1.165, 1.54) is 27.8 Å². The van der Waals surface area contributed by atoms with Crippen molar-refractivity contribution < 1.29 is 0 Å². The zero-order valence-electron chi connectivity index (χ0n) is 12.7. The van der Waals surface area contributed by atoms with Crippen LogP contribution in [0, 0.1) is 0 Å². The van der Waals surface area contributed by atoms with Crippen LogP contribution in [0.1, 0.15) is 28.2 Å². The summed E-state index contributed by atoms with van der Waals surface area (Å²) in [6, 6.07) is 28.2. The van der Waals surface area contributed by atoms with Crippen LogP contribution in [0.2, 0.25) is 0 Å². The van der Waals surface area contributed by atoms with E-state index in [9.17, 15) is 0 Å². The summed E-state index contributed by atoms with van der Waals surface area (Å²) in [5.74, 6) is 0.410. The van der Waals surface area contributed by atoms with Gasteiger partial charge in [-0.1, -0.05) is 88.7 Å². The largest absolute Gasteiger partial charge is 0.0622 e. The van der Waals surface area contributed by atoms with Gasteiger partial charge in [-0.25, -0.2) is 0 Å². The second-order valence-corrected chi connectivity index (χ2v) is 6.89. The molecule has 0 saturated heterocycles. The van der Waals surface area contributed by atoms with Gasteiger partial charge in [0.2, 0.25) is 0 Å². The molecule has 0 spiro atoms. The molecule has 1 atom stereocenters. The molecule has 0 heterocycles. The molecule has 3 aromatic carbocycles. The van der Waals surface area contributed by atoms with E-state index in [-0.39, 0.29) is 0 Å². The monoisotopic (exact) mass is 360 g/mol. The molecule has 0 aliphatic heterocycles. The first-order valence-electron chi connectivity index (χ1n) is 7.91. The molecule has 1 unspecified atom stereocenters. The lowest BCUT2D eigenvalue weighted by molar-refractivity contribution is 0.845. The summed E-state index contributed by atoms with van der Waals surface area (Å²) < 4.78 is 1.12. The third kappa shape index (κ3) is 2.89. The van der Waals surface area contributed by atoms with E-state index in [1.807, 2.05) is 0 Å². The fourth-order valence-electron chi connectivity index (χ4n) is 3.37. The molecule has 0 saturated carbocycles. The predicted octanol–water partition coefficient (Wildman–Crippen LogP) is 6.33. The standard InChI is InChI=1S/C22H17Br/c23-20-12-10-17(11-13-20)22-15-19-9-5-4-8-18(19)14-21(22)16-6-2-1-3-7-16/h1-13,15,21H,14H2. The van der Waals surface area contributed by atoms with Crippen molar-refractivity contribution in [3.63, 3.8) is 0 Å². The maximum Gasteiger partial charge on any atom is 0.0175 e. The van der Waals surface area contributed by atoms with E-state index < -0.39 is 0 Å². The Kier molecular flexibility index (Phi) is 3.88. The Morgan fingerprint density at radius 2 is 1.43 bits per heavy atom. The number of hydrogen-bond acceptors (Lipinski definition) is 0. The van der Waals surface area contributed by atoms with Crippen LogP contribution >= 0.6 is 15.9 Å². The molecule has 0 bridgehead atoms. The molecule has 4 rings (SSSR count). The van der Waals surface area contributed by atoms with Crippen molar-refractivity contribution >= 4 is 27.6 Å². The van der Waals surface area contributed by atoms with Gasteiger partial charge < -0.3 is 0 Å². The Morgan fingerprint density at radius 1 is 0.739 bits per heavy atom. The summed E-state index contributed by atoms with van der Waals surface area (Å²) in [5, 5.41) is 0. The van der Waals surface area contributed by atoms with Crippen LogP contribution < -0.4 is 0 Å². The van der Waals surface area contributed by atoms with Crippen LogP contribution in [-0.4, -0.2) is 0 Å². The van der Waals surface area contributed by atoms with Crippen LogP contribution in [0.4, 0.5) is 0 Å². The van der Waals surface area contributed by atoms with Gasteiger partial charge in [-0.3, -0.25) is 0 Å². The fraction of sp³-hybridized carbons (Fsp3) is 0.0909. The van der Waals surface area contributed by atoms with Gasteiger partial charge >= 0.3 is 0 Å². The van der Waals surface area contributed by atoms with Crippen molar-refractivity contribution in [2.75, 3.05) is 0 Å². The first-order valence-corrected chi connectivity index (χ1v) is 8.71. The van der Waals surface area contributed by atoms with E-state index >= 15 is 0 Å². The summed E-state index contributed by atoms with van der Waals surface area (Å²) in [4.78, 5) is 0. The van der Waals surface area contributed by atoms with E-state index in [2.05, 4.69) is 101 Å². The number of allylic oxidation sites excluding steroid dienone is 1. The predicted molar refractivity (Wildman–Crippen MR) is 101 cm³/mol. The Labute approximate surface area is 145 Å². The molecule has 0 aromatic heterocycles. The molecule has 0 nitrogen and oxygen atoms in total. The molecule has 3 aromatic rings. The SMILES string of the molecule is Brc1ccc(C2=Cc3ccccc3CC2c2ccccc2)cc1. The Morgan fingerprint density at radius 3 is 2.22 bits per heavy atom. The summed E-state index contributed by atoms with van der Waals surface area (Å²) in [5.41, 5.74) is 6.87. The highest BCUT2D eigenvalue weighted by atomic mass is 79.9. The summed E-state index contributed by atoms with van der Waals surface area (Å²) in [6.07, 6.45) is 3.42. The Balaban J connectivity index is 1.86. The van der Waals surface area contributed by atoms with Crippen LogP contribution in [0.3, 0.4) is 0 Å². The van der Waals surface area contributed by atoms with Crippen molar-refractivity contribution in [3.05, 3.63) is 106 Å². The Bertz CT molecular complexity index is 845. The number of benzene rings is 3. The minimum absolute atomic E-state index is 0.410. The molecule has 0 radical (unpaired) electrons. The van der Waals surface area contributed by atoms with E-state index in [0.717, 1.165) is 10.9 Å². The average molecular weight is 361 g/mol. The van der Waals surface area contributed by atoms with Gasteiger partial charge in [0.25, 0.3) is 0 Å². The molecule has 112 valence electrons. The molecule has 1 heteroatoms. The van der Waals surface area contributed by atoms with E-state index in [1.54, 1.807) is 0 Å². The summed E-state index contributed by atoms with van der Waals surface area (Å²) >= 11 is 3.54. The first kappa shape index (κ1) is 14.5. The van der Waals surface area contributed by atoms with Gasteiger partial charge in [0.15, 0.2) is 0 Å². The molecule has 0 N–H and O–H groups in total. The highest BCUT2D eigenvalue weighted by Crippen LogP contribution is 2.41. The zero-order chi connectivity index (χ0) is 15.6. The average Bonchev–Trinajstić information content (AvgIpc) is 2.62. The number of hydrogen-bond donors (Lipinski definition) is 0. The first-order chi connectivity index (χ1) is 11.3. The van der Waals surface area contributed by atoms with Crippen LogP contribution in [0.15, 0.2) is 83.3 Å². The molecular weight excluding hydrogens is 344 g/mol. The zero-order valence-corrected chi connectivity index (χ0v) is 14.3. The third-order valence-electron chi connectivity index (χ3n) is 4.55. The van der Waals surface area contributed by atoms with Crippen molar-refractivity contribution in [1.82, 2.24) is 0 Å². The lowest BCUT2D eigenvalue weighted by Gasteiger charge is -2.27. The van der Waals surface area contributed by atoms with Crippen LogP contribution in [0.5, 0.6) is 0 Å². The van der Waals surface area contributed by atoms with Gasteiger partial charge in [-0.2, -0.15) is 0 Å². The van der Waals surface area contributed by atoms with E-state index in [0.29, 0.717) is 5.92 Å². The van der Waals surface area contributed by atoms with Gasteiger partial charge in [-0.05, 0) is 46.4 Å². The summed E-state index contributed by atoms with van der Waals surface area (Å²) in [6.45, 7) is 0. The topological polar surface area (TPSA) is 0 Å². The van der Waals surface area contributed by atoms with Crippen LogP contribution in [-0.2, 0) is 6.42 Å². The molecular formula is C22H17Br. The minimum Gasteiger partial charge on any atom is -0.0622 e. The van der Waals surface area contributed by atoms with Crippen LogP contribution in [0.25, 0.3) is 11.6 Å². The normalized spacial score (nSPS) is 16.6. The number of rotatable bonds is 2. The molecule has 1 aliphatic carbocycles. The minimum atomic E-state index is 0.410. The van der Waals surface area contributed by atoms with Gasteiger partial charge in [0, 0.05) is 10.4 Å². The smallest absolute Gasteiger partial charge is 0.0175 e. The molecule has 0 fully saturated rings. The molecule has 0 amide bonds. The fourth-order valence-corrected chi connectivity index (χ4v) is 3.63. The number of halogens is 1. The Hall–Kier alpha value is -2.12. The van der Waals surface area contributed by atoms with Crippen molar-refractivity contribution in [1.29, 1.82) is 0 Å². The van der Waals surface area contributed by atoms with Gasteiger partial charge in [0.1, 0.15) is 0 Å². The third-order valence-corrected chi connectivity index (χ3v) is 5.07. The lowest BCUT2D eigenvalue weighted by Crippen LogP contribution is -2.11. The second kappa shape index (κ2) is 6.17. The molecule has 23 heavy (non-hydrogen) atoms. The highest BCUT2D eigenvalue weighted by Gasteiger charge is 2.23. The van der Waals surface area contributed by atoms with Gasteiger partial charge in [-0.15, -0.1) is 0 Å². The summed E-state index contributed by atoms with van der Waals surface area (Å²) in [7, 11) is 0. The van der Waals surface area contributed by atoms with Gasteiger partial charge in [0.05, 0.1) is 0 Å². The van der Waals surface area contributed by atoms with Crippen molar-refractivity contribution in [2.24, 2.45) is 0 Å². The highest BCUT2D eigenvalue weighted by molar-refractivity contribution is 9.10. The quantitative estimate of drug-likeness (QED) is 0.500. The van der Waals surface area contributed by atoms with Crippen molar-refractivity contribution in [2.45, 2.75) is 12.3 Å². The van der Waals surface area contributed by atoms with E-state index in [4.69, 9.17) is 0 Å². The second-order valence-electron chi connectivity index (χ2n) is 5.97. The lowest BCUT2D eigenvalue weighted by atomic mass is 9.77. The number of fused-ring (bicyclic) bond motifs is 1. The maximum atomic E-state index is 3.54. The maximum absolute atomic E-state index is 3.54. The van der Waals surface area contributed by atoms with Crippen molar-refractivity contribution in [3.8, 4) is 0 Å².